The molecule has 0 unspecified atom stereocenters. The lowest BCUT2D eigenvalue weighted by Crippen LogP contribution is -2.40. The Balaban J connectivity index is 3.12. The number of rotatable bonds is 3. The second-order valence-electron chi connectivity index (χ2n) is 8.67. The molecule has 0 saturated heterocycles. The minimum absolute atomic E-state index is 0.223. The summed E-state index contributed by atoms with van der Waals surface area (Å²) < 4.78 is 11.0. The largest absolute Gasteiger partial charge is 0.455 e. The zero-order chi connectivity index (χ0) is 25.3. The molecule has 1 rings (SSSR count). The summed E-state index contributed by atoms with van der Waals surface area (Å²) in [4.78, 5) is 12.3. The third-order valence-electron chi connectivity index (χ3n) is 5.50. The topological polar surface area (TPSA) is 76.0 Å². The smallest absolute Gasteiger partial charge is 0.331 e. The van der Waals surface area contributed by atoms with Gasteiger partial charge in [0.1, 0.15) is 18.3 Å². The Morgan fingerprint density at radius 2 is 1.79 bits per heavy atom. The molecule has 2 N–H and O–H groups in total. The maximum Gasteiger partial charge on any atom is 0.331 e. The van der Waals surface area contributed by atoms with Gasteiger partial charge in [0.15, 0.2) is 0 Å². The Bertz CT molecular complexity index is 799. The molecule has 0 amide bonds. The number of esters is 1. The van der Waals surface area contributed by atoms with E-state index in [1.165, 1.54) is 13.2 Å². The maximum absolute atomic E-state index is 12.3. The van der Waals surface area contributed by atoms with Gasteiger partial charge in [-0.1, -0.05) is 93.2 Å². The summed E-state index contributed by atoms with van der Waals surface area (Å²) in [5.74, 6) is -0.314. The first-order valence-electron chi connectivity index (χ1n) is 12.1. The standard InChI is InChI=1S/C29H42O5/c1-6-7-17-25-18-9-8-10-19-26(33-5)29(32)28(31)24(4)16-12-15-22(2)13-11-14-23(3)20-21-27(30)34-25/h7-14,16-17,19-22,24-26,28-29,31-32H,6,15,18H2,1-5H3/b9-8+,13-11+,16-12+,17-7+,19-10?,21-20+,23-14+/t22-,24-,25-,26-,28-,29+/m0/s1. The Labute approximate surface area is 205 Å². The number of allylic oxidation sites excluding steroid dienone is 9. The van der Waals surface area contributed by atoms with Gasteiger partial charge in [-0.05, 0) is 31.8 Å². The normalized spacial score (nSPS) is 35.9. The molecule has 34 heavy (non-hydrogen) atoms. The lowest BCUT2D eigenvalue weighted by molar-refractivity contribution is -0.140. The van der Waals surface area contributed by atoms with Crippen molar-refractivity contribution in [2.24, 2.45) is 11.8 Å². The Morgan fingerprint density at radius 3 is 2.50 bits per heavy atom. The molecule has 5 nitrogen and oxygen atoms in total. The molecule has 0 aromatic heterocycles. The second-order valence-corrected chi connectivity index (χ2v) is 8.67. The van der Waals surface area contributed by atoms with Crippen molar-refractivity contribution in [2.45, 2.75) is 71.4 Å². The van der Waals surface area contributed by atoms with E-state index in [0.717, 1.165) is 18.4 Å². The predicted octanol–water partition coefficient (Wildman–Crippen LogP) is 5.39. The number of ether oxygens (including phenoxy) is 2. The number of aliphatic hydroxyl groups excluding tert-OH is 2. The van der Waals surface area contributed by atoms with E-state index >= 15 is 0 Å². The lowest BCUT2D eigenvalue weighted by Gasteiger charge is -2.26. The zero-order valence-electron chi connectivity index (χ0n) is 21.2. The van der Waals surface area contributed by atoms with Gasteiger partial charge in [0.2, 0.25) is 0 Å². The van der Waals surface area contributed by atoms with E-state index in [9.17, 15) is 15.0 Å². The van der Waals surface area contributed by atoms with Crippen LogP contribution >= 0.6 is 0 Å². The highest BCUT2D eigenvalue weighted by atomic mass is 16.5. The van der Waals surface area contributed by atoms with Crippen LogP contribution in [0, 0.1) is 11.8 Å². The van der Waals surface area contributed by atoms with Gasteiger partial charge < -0.3 is 19.7 Å². The molecule has 188 valence electrons. The highest BCUT2D eigenvalue weighted by molar-refractivity contribution is 5.82. The van der Waals surface area contributed by atoms with Crippen LogP contribution in [0.5, 0.6) is 0 Å². The Hall–Kier alpha value is -2.47. The average Bonchev–Trinajstić information content (AvgIpc) is 2.81. The van der Waals surface area contributed by atoms with E-state index in [0.29, 0.717) is 12.3 Å². The molecule has 5 heteroatoms. The molecule has 0 aromatic carbocycles. The first kappa shape index (κ1) is 29.6. The summed E-state index contributed by atoms with van der Waals surface area (Å²) in [5.41, 5.74) is 0.946. The molecule has 0 radical (unpaired) electrons. The van der Waals surface area contributed by atoms with Gasteiger partial charge in [-0.2, -0.15) is 0 Å². The van der Waals surface area contributed by atoms with Gasteiger partial charge in [-0.15, -0.1) is 0 Å². The summed E-state index contributed by atoms with van der Waals surface area (Å²) in [7, 11) is 1.50. The fourth-order valence-electron chi connectivity index (χ4n) is 3.30. The van der Waals surface area contributed by atoms with Gasteiger partial charge in [0.25, 0.3) is 0 Å². The van der Waals surface area contributed by atoms with E-state index in [-0.39, 0.29) is 12.0 Å². The van der Waals surface area contributed by atoms with Gasteiger partial charge in [-0.3, -0.25) is 0 Å². The van der Waals surface area contributed by atoms with E-state index in [2.05, 4.69) is 13.0 Å². The Morgan fingerprint density at radius 1 is 1.03 bits per heavy atom. The van der Waals surface area contributed by atoms with Crippen molar-refractivity contribution in [1.29, 1.82) is 0 Å². The number of aliphatic hydroxyl groups is 2. The highest BCUT2D eigenvalue weighted by Gasteiger charge is 2.27. The van der Waals surface area contributed by atoms with Crippen LogP contribution in [0.4, 0.5) is 0 Å². The molecule has 6 atom stereocenters. The van der Waals surface area contributed by atoms with Crippen LogP contribution in [0.15, 0.2) is 84.6 Å². The van der Waals surface area contributed by atoms with E-state index in [1.807, 2.05) is 69.4 Å². The molecule has 0 aliphatic carbocycles. The van der Waals surface area contributed by atoms with Gasteiger partial charge in [-0.25, -0.2) is 4.79 Å². The third-order valence-corrected chi connectivity index (χ3v) is 5.50. The molecule has 0 spiro atoms. The van der Waals surface area contributed by atoms with Crippen LogP contribution < -0.4 is 0 Å². The number of carbonyl (C=O) groups is 1. The molecule has 0 saturated carbocycles. The van der Waals surface area contributed by atoms with Crippen LogP contribution in [-0.4, -0.2) is 47.7 Å². The fourth-order valence-corrected chi connectivity index (χ4v) is 3.30. The second kappa shape index (κ2) is 17.0. The summed E-state index contributed by atoms with van der Waals surface area (Å²) in [6, 6.07) is 0. The molecule has 1 aliphatic heterocycles. The minimum Gasteiger partial charge on any atom is -0.455 e. The fraction of sp³-hybridized carbons (Fsp3) is 0.483. The van der Waals surface area contributed by atoms with Crippen molar-refractivity contribution < 1.29 is 24.5 Å². The maximum atomic E-state index is 12.3. The van der Waals surface area contributed by atoms with Crippen LogP contribution in [0.2, 0.25) is 0 Å². The van der Waals surface area contributed by atoms with Crippen molar-refractivity contribution in [3.63, 3.8) is 0 Å². The lowest BCUT2D eigenvalue weighted by atomic mass is 9.94. The number of carbonyl (C=O) groups excluding carboxylic acids is 1. The summed E-state index contributed by atoms with van der Waals surface area (Å²) in [6.07, 6.45) is 23.3. The van der Waals surface area contributed by atoms with Gasteiger partial charge in [0, 0.05) is 25.5 Å². The number of hydrogen-bond acceptors (Lipinski definition) is 5. The first-order chi connectivity index (χ1) is 16.3. The molecular weight excluding hydrogens is 428 g/mol. The third kappa shape index (κ3) is 12.1. The summed E-state index contributed by atoms with van der Waals surface area (Å²) >= 11 is 0. The van der Waals surface area contributed by atoms with Crippen LogP contribution in [-0.2, 0) is 14.3 Å². The molecule has 1 aliphatic rings. The van der Waals surface area contributed by atoms with E-state index in [4.69, 9.17) is 9.47 Å². The molecule has 0 bridgehead atoms. The van der Waals surface area contributed by atoms with E-state index in [1.54, 1.807) is 18.2 Å². The quantitative estimate of drug-likeness (QED) is 0.427. The predicted molar refractivity (Wildman–Crippen MR) is 139 cm³/mol. The number of hydrogen-bond donors (Lipinski definition) is 2. The molecular formula is C29H42O5. The monoisotopic (exact) mass is 470 g/mol. The Kier molecular flexibility index (Phi) is 14.8. The van der Waals surface area contributed by atoms with Crippen molar-refractivity contribution in [3.8, 4) is 0 Å². The summed E-state index contributed by atoms with van der Waals surface area (Å²) in [6.45, 7) is 7.94. The molecule has 1 heterocycles. The van der Waals surface area contributed by atoms with Gasteiger partial charge >= 0.3 is 5.97 Å². The van der Waals surface area contributed by atoms with E-state index < -0.39 is 24.3 Å². The first-order valence-corrected chi connectivity index (χ1v) is 12.1. The number of methoxy groups -OCH3 is 1. The van der Waals surface area contributed by atoms with Crippen LogP contribution in [0.1, 0.15) is 47.0 Å². The van der Waals surface area contributed by atoms with Crippen molar-refractivity contribution in [2.75, 3.05) is 7.11 Å². The van der Waals surface area contributed by atoms with Crippen molar-refractivity contribution >= 4 is 5.97 Å². The minimum atomic E-state index is -1.06. The average molecular weight is 471 g/mol. The van der Waals surface area contributed by atoms with Gasteiger partial charge in [0.05, 0.1) is 6.10 Å². The van der Waals surface area contributed by atoms with Crippen LogP contribution in [0.25, 0.3) is 0 Å². The van der Waals surface area contributed by atoms with Crippen LogP contribution in [0.3, 0.4) is 0 Å². The zero-order valence-corrected chi connectivity index (χ0v) is 21.2. The van der Waals surface area contributed by atoms with Crippen molar-refractivity contribution in [3.05, 3.63) is 84.6 Å². The number of cyclic esters (lactones) is 1. The molecule has 0 aromatic rings. The highest BCUT2D eigenvalue weighted by Crippen LogP contribution is 2.16. The summed E-state index contributed by atoms with van der Waals surface area (Å²) in [5, 5.41) is 21.2. The SMILES string of the molecule is CC/C=C/[C@H]1C/C=C/C=C[C@H](OC)[C@@H](O)[C@@H](O)[C@@H](C)/C=C/C[C@@H](C)/C=C/C=C(C)/C=C/C(=O)O1. The van der Waals surface area contributed by atoms with Crippen molar-refractivity contribution in [1.82, 2.24) is 0 Å². The molecule has 0 fully saturated rings.